The van der Waals surface area contributed by atoms with Crippen molar-refractivity contribution in [3.8, 4) is 0 Å². The highest BCUT2D eigenvalue weighted by Gasteiger charge is 2.57. The fraction of sp³-hybridized carbons (Fsp3) is 0.346. The second-order valence-electron chi connectivity index (χ2n) is 9.07. The molecule has 0 saturated carbocycles. The van der Waals surface area contributed by atoms with Crippen molar-refractivity contribution in [2.75, 3.05) is 30.4 Å². The number of rotatable bonds is 4. The van der Waals surface area contributed by atoms with Gasteiger partial charge in [-0.3, -0.25) is 4.79 Å². The van der Waals surface area contributed by atoms with Crippen LogP contribution in [0.3, 0.4) is 0 Å². The number of carbonyl (C=O) groups excluding carboxylic acids is 1. The van der Waals surface area contributed by atoms with E-state index in [1.807, 2.05) is 14.1 Å². The molecule has 0 radical (unpaired) electrons. The zero-order valence-corrected chi connectivity index (χ0v) is 18.6. The van der Waals surface area contributed by atoms with Gasteiger partial charge in [0.1, 0.15) is 5.66 Å². The van der Waals surface area contributed by atoms with Gasteiger partial charge in [0.25, 0.3) is 0 Å². The SMILES string of the molecule is Cc1ccc2c(c1)N1CCC(=O)NC1(/C=C/C=C/c1ccc(N(C)C)cc1)C2(C)C. The molecule has 2 aromatic rings. The maximum atomic E-state index is 12.5. The molecule has 0 aliphatic carbocycles. The highest BCUT2D eigenvalue weighted by Crippen LogP contribution is 2.52. The van der Waals surface area contributed by atoms with Gasteiger partial charge in [-0.25, -0.2) is 0 Å². The molecular formula is C26H31N3O. The van der Waals surface area contributed by atoms with Gasteiger partial charge in [0, 0.05) is 43.9 Å². The monoisotopic (exact) mass is 401 g/mol. The van der Waals surface area contributed by atoms with Gasteiger partial charge in [-0.2, -0.15) is 0 Å². The number of anilines is 2. The molecule has 2 heterocycles. The quantitative estimate of drug-likeness (QED) is 0.758. The number of nitrogens with one attached hydrogen (secondary N) is 1. The summed E-state index contributed by atoms with van der Waals surface area (Å²) in [4.78, 5) is 16.9. The highest BCUT2D eigenvalue weighted by atomic mass is 16.2. The lowest BCUT2D eigenvalue weighted by molar-refractivity contribution is -0.124. The van der Waals surface area contributed by atoms with E-state index in [9.17, 15) is 4.79 Å². The summed E-state index contributed by atoms with van der Waals surface area (Å²) in [7, 11) is 4.08. The van der Waals surface area contributed by atoms with E-state index in [-0.39, 0.29) is 11.3 Å². The Morgan fingerprint density at radius 2 is 1.80 bits per heavy atom. The molecular weight excluding hydrogens is 370 g/mol. The van der Waals surface area contributed by atoms with E-state index in [0.717, 1.165) is 12.1 Å². The van der Waals surface area contributed by atoms with Crippen LogP contribution in [0.25, 0.3) is 6.08 Å². The third-order valence-electron chi connectivity index (χ3n) is 6.54. The molecule has 1 atom stereocenters. The first-order valence-electron chi connectivity index (χ1n) is 10.6. The van der Waals surface area contributed by atoms with Crippen molar-refractivity contribution in [3.63, 3.8) is 0 Å². The lowest BCUT2D eigenvalue weighted by Gasteiger charge is -2.49. The molecule has 2 aliphatic heterocycles. The van der Waals surface area contributed by atoms with E-state index in [4.69, 9.17) is 0 Å². The van der Waals surface area contributed by atoms with Crippen molar-refractivity contribution in [2.24, 2.45) is 0 Å². The summed E-state index contributed by atoms with van der Waals surface area (Å²) < 4.78 is 0. The van der Waals surface area contributed by atoms with Crippen molar-refractivity contribution in [1.82, 2.24) is 5.32 Å². The Morgan fingerprint density at radius 1 is 1.07 bits per heavy atom. The first-order valence-corrected chi connectivity index (χ1v) is 10.6. The van der Waals surface area contributed by atoms with E-state index in [1.54, 1.807) is 0 Å². The number of allylic oxidation sites excluding steroid dienone is 2. The van der Waals surface area contributed by atoms with Gasteiger partial charge in [-0.15, -0.1) is 0 Å². The second kappa shape index (κ2) is 7.35. The second-order valence-corrected chi connectivity index (χ2v) is 9.07. The average molecular weight is 402 g/mol. The van der Waals surface area contributed by atoms with E-state index in [1.165, 1.54) is 22.5 Å². The fourth-order valence-corrected chi connectivity index (χ4v) is 4.72. The molecule has 1 unspecified atom stereocenters. The van der Waals surface area contributed by atoms with Crippen molar-refractivity contribution >= 4 is 23.4 Å². The number of fused-ring (bicyclic) bond motifs is 3. The molecule has 2 aromatic carbocycles. The van der Waals surface area contributed by atoms with Crippen LogP contribution < -0.4 is 15.1 Å². The molecule has 156 valence electrons. The van der Waals surface area contributed by atoms with Crippen molar-refractivity contribution in [2.45, 2.75) is 38.3 Å². The molecule has 2 aliphatic rings. The zero-order chi connectivity index (χ0) is 21.5. The summed E-state index contributed by atoms with van der Waals surface area (Å²) in [5.74, 6) is 0.108. The van der Waals surface area contributed by atoms with Crippen LogP contribution in [0.15, 0.2) is 60.7 Å². The molecule has 1 saturated heterocycles. The van der Waals surface area contributed by atoms with Crippen LogP contribution in [0, 0.1) is 6.92 Å². The van der Waals surface area contributed by atoms with Crippen LogP contribution in [0.4, 0.5) is 11.4 Å². The summed E-state index contributed by atoms with van der Waals surface area (Å²) in [5, 5.41) is 3.33. The molecule has 1 N–H and O–H groups in total. The fourth-order valence-electron chi connectivity index (χ4n) is 4.72. The lowest BCUT2D eigenvalue weighted by Crippen LogP contribution is -2.68. The third kappa shape index (κ3) is 3.20. The number of benzene rings is 2. The van der Waals surface area contributed by atoms with Gasteiger partial charge in [0.05, 0.1) is 0 Å². The van der Waals surface area contributed by atoms with Crippen molar-refractivity contribution < 1.29 is 4.79 Å². The van der Waals surface area contributed by atoms with Crippen LogP contribution >= 0.6 is 0 Å². The van der Waals surface area contributed by atoms with Gasteiger partial charge in [-0.1, -0.05) is 56.3 Å². The lowest BCUT2D eigenvalue weighted by atomic mass is 9.74. The average Bonchev–Trinajstić information content (AvgIpc) is 2.89. The Morgan fingerprint density at radius 3 is 2.50 bits per heavy atom. The van der Waals surface area contributed by atoms with Crippen LogP contribution in [0.1, 0.15) is 37.0 Å². The third-order valence-corrected chi connectivity index (χ3v) is 6.54. The molecule has 4 rings (SSSR count). The van der Waals surface area contributed by atoms with Gasteiger partial charge < -0.3 is 15.1 Å². The Kier molecular flexibility index (Phi) is 4.97. The number of carbonyl (C=O) groups is 1. The number of amides is 1. The predicted octanol–water partition coefficient (Wildman–Crippen LogP) is 4.64. The van der Waals surface area contributed by atoms with Gasteiger partial charge in [0.2, 0.25) is 5.91 Å². The summed E-state index contributed by atoms with van der Waals surface area (Å²) in [6, 6.07) is 15.1. The minimum absolute atomic E-state index is 0.108. The van der Waals surface area contributed by atoms with E-state index in [2.05, 4.69) is 103 Å². The predicted molar refractivity (Wildman–Crippen MR) is 126 cm³/mol. The van der Waals surface area contributed by atoms with E-state index >= 15 is 0 Å². The molecule has 1 fully saturated rings. The number of hydrogen-bond acceptors (Lipinski definition) is 3. The standard InChI is InChI=1S/C26H31N3O/c1-19-9-14-22-23(18-19)29-17-15-24(30)27-26(29,25(22,2)3)16-7-6-8-20-10-12-21(13-11-20)28(4)5/h6-14,16,18H,15,17H2,1-5H3,(H,27,30)/b8-6+,16-7+. The molecule has 1 amide bonds. The van der Waals surface area contributed by atoms with Crippen molar-refractivity contribution in [3.05, 3.63) is 77.4 Å². The summed E-state index contributed by atoms with van der Waals surface area (Å²) in [5.41, 5.74) is 5.28. The maximum absolute atomic E-state index is 12.5. The van der Waals surface area contributed by atoms with Gasteiger partial charge in [-0.05, 0) is 47.9 Å². The number of hydrogen-bond donors (Lipinski definition) is 1. The first kappa shape index (κ1) is 20.3. The Hall–Kier alpha value is -3.01. The Balaban J connectivity index is 1.65. The van der Waals surface area contributed by atoms with Crippen LogP contribution in [0.2, 0.25) is 0 Å². The summed E-state index contributed by atoms with van der Waals surface area (Å²) >= 11 is 0. The Labute approximate surface area is 179 Å². The molecule has 30 heavy (non-hydrogen) atoms. The molecule has 0 aromatic heterocycles. The number of nitrogens with zero attached hydrogens (tertiary/aromatic N) is 2. The normalized spacial score (nSPS) is 22.3. The van der Waals surface area contributed by atoms with Crippen LogP contribution in [-0.4, -0.2) is 32.2 Å². The molecule has 0 spiro atoms. The topological polar surface area (TPSA) is 35.6 Å². The number of aryl methyl sites for hydroxylation is 1. The first-order chi connectivity index (χ1) is 14.2. The summed E-state index contributed by atoms with van der Waals surface area (Å²) in [6.45, 7) is 7.29. The zero-order valence-electron chi connectivity index (χ0n) is 18.6. The highest BCUT2D eigenvalue weighted by molar-refractivity contribution is 5.84. The minimum Gasteiger partial charge on any atom is -0.378 e. The van der Waals surface area contributed by atoms with Crippen LogP contribution in [-0.2, 0) is 10.2 Å². The minimum atomic E-state index is -0.558. The van der Waals surface area contributed by atoms with Crippen molar-refractivity contribution in [1.29, 1.82) is 0 Å². The Bertz CT molecular complexity index is 1020. The molecule has 4 heteroatoms. The van der Waals surface area contributed by atoms with E-state index < -0.39 is 5.66 Å². The van der Waals surface area contributed by atoms with Gasteiger partial charge >= 0.3 is 0 Å². The largest absolute Gasteiger partial charge is 0.378 e. The smallest absolute Gasteiger partial charge is 0.223 e. The molecule has 0 bridgehead atoms. The summed E-state index contributed by atoms with van der Waals surface area (Å²) in [6.07, 6.45) is 8.90. The maximum Gasteiger partial charge on any atom is 0.223 e. The molecule has 4 nitrogen and oxygen atoms in total. The van der Waals surface area contributed by atoms with Crippen LogP contribution in [0.5, 0.6) is 0 Å². The van der Waals surface area contributed by atoms with E-state index in [0.29, 0.717) is 6.42 Å². The van der Waals surface area contributed by atoms with Gasteiger partial charge in [0.15, 0.2) is 0 Å².